The minimum absolute atomic E-state index is 0.105. The van der Waals surface area contributed by atoms with Gasteiger partial charge in [0.15, 0.2) is 0 Å². The molecule has 0 bridgehead atoms. The van der Waals surface area contributed by atoms with Crippen molar-refractivity contribution in [2.24, 2.45) is 7.05 Å². The van der Waals surface area contributed by atoms with Gasteiger partial charge < -0.3 is 14.6 Å². The van der Waals surface area contributed by atoms with Crippen molar-refractivity contribution in [2.75, 3.05) is 12.4 Å². The largest absolute Gasteiger partial charge is 0.469 e. The quantitative estimate of drug-likeness (QED) is 0.322. The van der Waals surface area contributed by atoms with Gasteiger partial charge in [-0.3, -0.25) is 19.3 Å². The molecule has 36 heavy (non-hydrogen) atoms. The summed E-state index contributed by atoms with van der Waals surface area (Å²) in [6.45, 7) is 2.12. The van der Waals surface area contributed by atoms with Crippen molar-refractivity contribution in [1.82, 2.24) is 19.3 Å². The summed E-state index contributed by atoms with van der Waals surface area (Å²) in [5.41, 5.74) is 8.03. The highest BCUT2D eigenvalue weighted by molar-refractivity contribution is 9.10. The summed E-state index contributed by atoms with van der Waals surface area (Å²) in [6, 6.07) is 12.2. The number of fused-ring (bicyclic) bond motifs is 1. The summed E-state index contributed by atoms with van der Waals surface area (Å²) < 4.78 is 9.61. The number of aromatic nitrogens is 4. The molecule has 0 aliphatic carbocycles. The van der Waals surface area contributed by atoms with Crippen molar-refractivity contribution in [3.8, 4) is 22.5 Å². The van der Waals surface area contributed by atoms with E-state index in [4.69, 9.17) is 4.74 Å². The molecule has 0 atom stereocenters. The molecule has 5 aromatic rings. The molecule has 9 heteroatoms. The molecule has 1 amide bonds. The zero-order valence-electron chi connectivity index (χ0n) is 19.9. The summed E-state index contributed by atoms with van der Waals surface area (Å²) in [7, 11) is 3.29. The van der Waals surface area contributed by atoms with Gasteiger partial charge in [-0.25, -0.2) is 0 Å². The molecule has 0 saturated heterocycles. The fourth-order valence-electron chi connectivity index (χ4n) is 5.02. The Morgan fingerprint density at radius 2 is 2.03 bits per heavy atom. The van der Waals surface area contributed by atoms with E-state index in [9.17, 15) is 9.59 Å². The predicted octanol–water partition coefficient (Wildman–Crippen LogP) is 5.00. The van der Waals surface area contributed by atoms with Crippen molar-refractivity contribution in [2.45, 2.75) is 19.9 Å². The number of ether oxygens (including phenoxy) is 1. The third-order valence-electron chi connectivity index (χ3n) is 6.88. The van der Waals surface area contributed by atoms with Gasteiger partial charge in [0, 0.05) is 45.3 Å². The van der Waals surface area contributed by atoms with Crippen LogP contribution in [-0.2, 0) is 34.3 Å². The van der Waals surface area contributed by atoms with Gasteiger partial charge in [0.2, 0.25) is 5.91 Å². The Morgan fingerprint density at radius 3 is 2.83 bits per heavy atom. The van der Waals surface area contributed by atoms with Crippen molar-refractivity contribution < 1.29 is 14.3 Å². The van der Waals surface area contributed by atoms with E-state index >= 15 is 0 Å². The number of carbonyl (C=O) groups is 2. The van der Waals surface area contributed by atoms with E-state index in [0.29, 0.717) is 0 Å². The van der Waals surface area contributed by atoms with Crippen LogP contribution in [0.3, 0.4) is 0 Å². The fraction of sp³-hybridized carbons (Fsp3) is 0.185. The van der Waals surface area contributed by atoms with Crippen LogP contribution in [0.4, 0.5) is 5.69 Å². The van der Waals surface area contributed by atoms with Crippen LogP contribution in [0.2, 0.25) is 0 Å². The smallest absolute Gasteiger partial charge is 0.310 e. The number of methoxy groups -OCH3 is 1. The summed E-state index contributed by atoms with van der Waals surface area (Å²) in [4.78, 5) is 29.5. The highest BCUT2D eigenvalue weighted by atomic mass is 79.9. The Morgan fingerprint density at radius 1 is 1.19 bits per heavy atom. The van der Waals surface area contributed by atoms with E-state index in [1.165, 1.54) is 7.11 Å². The summed E-state index contributed by atoms with van der Waals surface area (Å²) in [6.07, 6.45) is 3.74. The minimum atomic E-state index is -0.337. The third-order valence-corrected chi connectivity index (χ3v) is 7.78. The number of nitrogens with zero attached hydrogens (tertiary/aromatic N) is 4. The van der Waals surface area contributed by atoms with E-state index in [-0.39, 0.29) is 24.8 Å². The van der Waals surface area contributed by atoms with Crippen LogP contribution >= 0.6 is 15.9 Å². The average molecular weight is 544 g/mol. The van der Waals surface area contributed by atoms with Gasteiger partial charge in [-0.2, -0.15) is 5.10 Å². The molecule has 0 saturated carbocycles. The number of nitrogens with one attached hydrogen (secondary N) is 1. The summed E-state index contributed by atoms with van der Waals surface area (Å²) in [5.74, 6) is -0.441. The van der Waals surface area contributed by atoms with E-state index in [2.05, 4.69) is 43.5 Å². The minimum Gasteiger partial charge on any atom is -0.469 e. The van der Waals surface area contributed by atoms with Crippen molar-refractivity contribution in [3.05, 3.63) is 64.4 Å². The van der Waals surface area contributed by atoms with Crippen LogP contribution in [0.5, 0.6) is 0 Å². The fourth-order valence-corrected chi connectivity index (χ4v) is 5.76. The Kier molecular flexibility index (Phi) is 5.19. The molecule has 6 rings (SSSR count). The molecule has 3 aromatic heterocycles. The molecule has 180 valence electrons. The topological polar surface area (TPSA) is 91.0 Å². The molecule has 0 radical (unpaired) electrons. The normalized spacial score (nSPS) is 12.8. The van der Waals surface area contributed by atoms with E-state index in [0.717, 1.165) is 65.6 Å². The standard InChI is InChI=1S/C27H22BrN5O3/c1-14-18(11-24(35)36-3)25(28)19-10-22(33-13-23(34)31-26(14)27(19)33)16-6-7-29-20(9-16)15-4-5-21-17(8-15)12-30-32(21)2/h4-10,12H,11,13H2,1-3H3,(H,31,34). The van der Waals surface area contributed by atoms with E-state index < -0.39 is 0 Å². The number of amides is 1. The molecular weight excluding hydrogens is 522 g/mol. The molecule has 0 spiro atoms. The lowest BCUT2D eigenvalue weighted by Gasteiger charge is -2.23. The maximum absolute atomic E-state index is 12.7. The first kappa shape index (κ1) is 22.5. The second kappa shape index (κ2) is 8.30. The number of halogens is 1. The predicted molar refractivity (Wildman–Crippen MR) is 142 cm³/mol. The highest BCUT2D eigenvalue weighted by Crippen LogP contribution is 2.43. The van der Waals surface area contributed by atoms with Gasteiger partial charge in [0.25, 0.3) is 0 Å². The first-order valence-corrected chi connectivity index (χ1v) is 12.2. The monoisotopic (exact) mass is 543 g/mol. The Bertz CT molecular complexity index is 1730. The van der Waals surface area contributed by atoms with Crippen LogP contribution < -0.4 is 5.32 Å². The average Bonchev–Trinajstić information content (AvgIpc) is 3.45. The molecule has 1 aliphatic heterocycles. The molecule has 2 aromatic carbocycles. The molecule has 1 N–H and O–H groups in total. The number of pyridine rings is 1. The highest BCUT2D eigenvalue weighted by Gasteiger charge is 2.28. The van der Waals surface area contributed by atoms with Crippen molar-refractivity contribution in [1.29, 1.82) is 0 Å². The molecule has 0 fully saturated rings. The van der Waals surface area contributed by atoms with Crippen LogP contribution in [0.25, 0.3) is 44.3 Å². The SMILES string of the molecule is COC(=O)Cc1c(C)c2c3c(cc(-c4ccnc(-c5ccc6c(cnn6C)c5)c4)n3CC(=O)N2)c1Br. The zero-order chi connectivity index (χ0) is 25.1. The van der Waals surface area contributed by atoms with Gasteiger partial charge in [-0.1, -0.05) is 6.07 Å². The first-order valence-electron chi connectivity index (χ1n) is 11.4. The third kappa shape index (κ3) is 3.42. The van der Waals surface area contributed by atoms with Gasteiger partial charge in [-0.05, 0) is 64.3 Å². The lowest BCUT2D eigenvalue weighted by Crippen LogP contribution is -2.25. The molecule has 0 unspecified atom stereocenters. The van der Waals surface area contributed by atoms with E-state index in [1.54, 1.807) is 6.20 Å². The second-order valence-electron chi connectivity index (χ2n) is 8.94. The lowest BCUT2D eigenvalue weighted by atomic mass is 10.00. The lowest BCUT2D eigenvalue weighted by molar-refractivity contribution is -0.139. The second-order valence-corrected chi connectivity index (χ2v) is 9.74. The number of anilines is 1. The van der Waals surface area contributed by atoms with Crippen LogP contribution in [-0.4, -0.2) is 38.3 Å². The van der Waals surface area contributed by atoms with Crippen molar-refractivity contribution in [3.63, 3.8) is 0 Å². The Labute approximate surface area is 215 Å². The number of aryl methyl sites for hydroxylation is 1. The van der Waals surface area contributed by atoms with Crippen LogP contribution in [0.1, 0.15) is 11.1 Å². The summed E-state index contributed by atoms with van der Waals surface area (Å²) in [5, 5.41) is 9.33. The zero-order valence-corrected chi connectivity index (χ0v) is 21.5. The maximum Gasteiger partial charge on any atom is 0.310 e. The number of hydrogen-bond donors (Lipinski definition) is 1. The molecule has 1 aliphatic rings. The number of hydrogen-bond acceptors (Lipinski definition) is 5. The Hall–Kier alpha value is -3.98. The molecule has 8 nitrogen and oxygen atoms in total. The van der Waals surface area contributed by atoms with Crippen LogP contribution in [0, 0.1) is 6.92 Å². The van der Waals surface area contributed by atoms with Gasteiger partial charge in [-0.15, -0.1) is 0 Å². The maximum atomic E-state index is 12.7. The van der Waals surface area contributed by atoms with Gasteiger partial charge in [0.05, 0.1) is 42.1 Å². The number of esters is 1. The number of benzene rings is 2. The van der Waals surface area contributed by atoms with Gasteiger partial charge >= 0.3 is 5.97 Å². The first-order chi connectivity index (χ1) is 17.4. The summed E-state index contributed by atoms with van der Waals surface area (Å²) >= 11 is 3.74. The number of carbonyl (C=O) groups excluding carboxylic acids is 2. The van der Waals surface area contributed by atoms with E-state index in [1.807, 2.05) is 53.7 Å². The Balaban J connectivity index is 1.53. The molecular formula is C27H22BrN5O3. The number of rotatable bonds is 4. The van der Waals surface area contributed by atoms with Crippen molar-refractivity contribution >= 4 is 55.3 Å². The van der Waals surface area contributed by atoms with Crippen LogP contribution in [0.15, 0.2) is 53.3 Å². The molecule has 4 heterocycles. The van der Waals surface area contributed by atoms with Gasteiger partial charge in [0.1, 0.15) is 6.54 Å².